The van der Waals surface area contributed by atoms with Gasteiger partial charge in [-0.05, 0) is 45.6 Å². The van der Waals surface area contributed by atoms with Gasteiger partial charge in [-0.25, -0.2) is 0 Å². The van der Waals surface area contributed by atoms with E-state index in [0.29, 0.717) is 6.61 Å². The second kappa shape index (κ2) is 12.1. The van der Waals surface area contributed by atoms with Crippen LogP contribution >= 0.6 is 0 Å². The summed E-state index contributed by atoms with van der Waals surface area (Å²) >= 11 is 0. The molecule has 1 heterocycles. The molecule has 0 spiro atoms. The Kier molecular flexibility index (Phi) is 10.8. The zero-order valence-corrected chi connectivity index (χ0v) is 14.9. The first-order valence-electron chi connectivity index (χ1n) is 8.88. The quantitative estimate of drug-likeness (QED) is 0.469. The number of piperazine rings is 1. The Morgan fingerprint density at radius 2 is 1.68 bits per heavy atom. The third-order valence-corrected chi connectivity index (χ3v) is 4.40. The van der Waals surface area contributed by atoms with Crippen molar-refractivity contribution in [1.82, 2.24) is 9.80 Å². The Balaban J connectivity index is 2.04. The molecule has 0 amide bonds. The minimum Gasteiger partial charge on any atom is -0.394 e. The fourth-order valence-corrected chi connectivity index (χ4v) is 2.80. The lowest BCUT2D eigenvalue weighted by Gasteiger charge is -2.35. The van der Waals surface area contributed by atoms with E-state index in [1.165, 1.54) is 44.5 Å². The molecule has 1 aliphatic rings. The van der Waals surface area contributed by atoms with Crippen molar-refractivity contribution >= 4 is 0 Å². The average Bonchev–Trinajstić information content (AvgIpc) is 2.50. The topological polar surface area (TPSA) is 35.9 Å². The normalized spacial score (nSPS) is 18.4. The molecule has 1 saturated heterocycles. The van der Waals surface area contributed by atoms with E-state index >= 15 is 0 Å². The number of aliphatic hydroxyl groups is 1. The van der Waals surface area contributed by atoms with E-state index < -0.39 is 0 Å². The van der Waals surface area contributed by atoms with Crippen LogP contribution in [0.3, 0.4) is 0 Å². The van der Waals surface area contributed by atoms with Crippen LogP contribution in [0.15, 0.2) is 11.6 Å². The van der Waals surface area contributed by atoms with Crippen molar-refractivity contribution < 1.29 is 9.84 Å². The molecule has 1 N–H and O–H groups in total. The summed E-state index contributed by atoms with van der Waals surface area (Å²) in [5.74, 6) is 0.820. The molecule has 130 valence electrons. The van der Waals surface area contributed by atoms with Gasteiger partial charge in [0.1, 0.15) is 0 Å². The van der Waals surface area contributed by atoms with Crippen LogP contribution in [0.2, 0.25) is 0 Å². The standard InChI is InChI=1S/C18H36N2O2/c1-17(2)5-4-6-18(3)7-8-19-9-11-20(12-10-19)13-15-22-16-14-21/h5,18,21H,4,6-16H2,1-3H3. The Labute approximate surface area is 137 Å². The van der Waals surface area contributed by atoms with Gasteiger partial charge < -0.3 is 14.7 Å². The predicted molar refractivity (Wildman–Crippen MR) is 93.2 cm³/mol. The second-order valence-electron chi connectivity index (χ2n) is 6.77. The molecule has 22 heavy (non-hydrogen) atoms. The van der Waals surface area contributed by atoms with Gasteiger partial charge in [-0.15, -0.1) is 0 Å². The van der Waals surface area contributed by atoms with Crippen molar-refractivity contribution in [3.63, 3.8) is 0 Å². The smallest absolute Gasteiger partial charge is 0.0698 e. The SMILES string of the molecule is CC(C)=CCCC(C)CCN1CCN(CCOCCO)CC1. The largest absolute Gasteiger partial charge is 0.394 e. The van der Waals surface area contributed by atoms with Crippen LogP contribution in [-0.2, 0) is 4.74 Å². The van der Waals surface area contributed by atoms with Crippen LogP contribution in [0, 0.1) is 5.92 Å². The summed E-state index contributed by atoms with van der Waals surface area (Å²) < 4.78 is 5.34. The third kappa shape index (κ3) is 9.57. The molecule has 0 radical (unpaired) electrons. The zero-order chi connectivity index (χ0) is 16.2. The first-order valence-corrected chi connectivity index (χ1v) is 8.88. The van der Waals surface area contributed by atoms with Gasteiger partial charge in [-0.1, -0.05) is 18.6 Å². The maximum atomic E-state index is 8.67. The molecule has 0 aliphatic carbocycles. The van der Waals surface area contributed by atoms with E-state index in [2.05, 4.69) is 36.6 Å². The summed E-state index contributed by atoms with van der Waals surface area (Å²) in [5.41, 5.74) is 1.44. The van der Waals surface area contributed by atoms with Gasteiger partial charge in [-0.3, -0.25) is 4.90 Å². The second-order valence-corrected chi connectivity index (χ2v) is 6.77. The Morgan fingerprint density at radius 1 is 1.05 bits per heavy atom. The van der Waals surface area contributed by atoms with Crippen LogP contribution in [0.25, 0.3) is 0 Å². The predicted octanol–water partition coefficient (Wildman–Crippen LogP) is 2.39. The van der Waals surface area contributed by atoms with Crippen LogP contribution in [0.1, 0.15) is 40.0 Å². The number of aliphatic hydroxyl groups excluding tert-OH is 1. The lowest BCUT2D eigenvalue weighted by molar-refractivity contribution is 0.0567. The van der Waals surface area contributed by atoms with Crippen LogP contribution in [-0.4, -0.2) is 74.0 Å². The van der Waals surface area contributed by atoms with Gasteiger partial charge in [0.15, 0.2) is 0 Å². The van der Waals surface area contributed by atoms with Crippen molar-refractivity contribution in [2.45, 2.75) is 40.0 Å². The number of ether oxygens (including phenoxy) is 1. The van der Waals surface area contributed by atoms with Crippen molar-refractivity contribution in [3.8, 4) is 0 Å². The Morgan fingerprint density at radius 3 is 2.27 bits per heavy atom. The summed E-state index contributed by atoms with van der Waals surface area (Å²) in [7, 11) is 0. The lowest BCUT2D eigenvalue weighted by Crippen LogP contribution is -2.47. The molecular weight excluding hydrogens is 276 g/mol. The minimum atomic E-state index is 0.125. The molecule has 4 nitrogen and oxygen atoms in total. The highest BCUT2D eigenvalue weighted by atomic mass is 16.5. The van der Waals surface area contributed by atoms with Gasteiger partial charge in [-0.2, -0.15) is 0 Å². The van der Waals surface area contributed by atoms with Crippen molar-refractivity contribution in [2.24, 2.45) is 5.92 Å². The Hall–Kier alpha value is -0.420. The minimum absolute atomic E-state index is 0.125. The molecule has 0 bridgehead atoms. The van der Waals surface area contributed by atoms with E-state index in [9.17, 15) is 0 Å². The van der Waals surface area contributed by atoms with Crippen LogP contribution in [0.4, 0.5) is 0 Å². The van der Waals surface area contributed by atoms with Gasteiger partial charge in [0.25, 0.3) is 0 Å². The monoisotopic (exact) mass is 312 g/mol. The maximum absolute atomic E-state index is 8.67. The van der Waals surface area contributed by atoms with Crippen molar-refractivity contribution in [1.29, 1.82) is 0 Å². The molecule has 1 fully saturated rings. The van der Waals surface area contributed by atoms with E-state index in [-0.39, 0.29) is 6.61 Å². The highest BCUT2D eigenvalue weighted by molar-refractivity contribution is 4.92. The summed E-state index contributed by atoms with van der Waals surface area (Å²) in [4.78, 5) is 5.06. The maximum Gasteiger partial charge on any atom is 0.0698 e. The zero-order valence-electron chi connectivity index (χ0n) is 14.9. The molecule has 0 aromatic carbocycles. The molecular formula is C18H36N2O2. The highest BCUT2D eigenvalue weighted by Crippen LogP contribution is 2.13. The van der Waals surface area contributed by atoms with Crippen LogP contribution < -0.4 is 0 Å². The fraction of sp³-hybridized carbons (Fsp3) is 0.889. The number of allylic oxidation sites excluding steroid dienone is 2. The molecule has 0 saturated carbocycles. The van der Waals surface area contributed by atoms with Gasteiger partial charge in [0.2, 0.25) is 0 Å². The van der Waals surface area contributed by atoms with Crippen LogP contribution in [0.5, 0.6) is 0 Å². The first-order chi connectivity index (χ1) is 10.6. The van der Waals surface area contributed by atoms with Gasteiger partial charge in [0, 0.05) is 32.7 Å². The lowest BCUT2D eigenvalue weighted by atomic mass is 10.0. The average molecular weight is 312 g/mol. The molecule has 1 unspecified atom stereocenters. The summed E-state index contributed by atoms with van der Waals surface area (Å²) in [6.45, 7) is 15.0. The molecule has 1 atom stereocenters. The molecule has 1 rings (SSSR count). The Bertz CT molecular complexity index is 295. The summed E-state index contributed by atoms with van der Waals surface area (Å²) in [6, 6.07) is 0. The van der Waals surface area contributed by atoms with Gasteiger partial charge in [0.05, 0.1) is 19.8 Å². The fourth-order valence-electron chi connectivity index (χ4n) is 2.80. The molecule has 0 aromatic heterocycles. The number of rotatable bonds is 11. The van der Waals surface area contributed by atoms with Crippen molar-refractivity contribution in [3.05, 3.63) is 11.6 Å². The number of nitrogens with zero attached hydrogens (tertiary/aromatic N) is 2. The third-order valence-electron chi connectivity index (χ3n) is 4.40. The van der Waals surface area contributed by atoms with E-state index in [4.69, 9.17) is 9.84 Å². The highest BCUT2D eigenvalue weighted by Gasteiger charge is 2.16. The van der Waals surface area contributed by atoms with E-state index in [1.807, 2.05) is 0 Å². The number of hydrogen-bond acceptors (Lipinski definition) is 4. The van der Waals surface area contributed by atoms with E-state index in [1.54, 1.807) is 0 Å². The number of hydrogen-bond donors (Lipinski definition) is 1. The summed E-state index contributed by atoms with van der Waals surface area (Å²) in [6.07, 6.45) is 6.21. The molecule has 1 aliphatic heterocycles. The molecule has 0 aromatic rings. The van der Waals surface area contributed by atoms with E-state index in [0.717, 1.165) is 32.2 Å². The molecule has 4 heteroatoms. The van der Waals surface area contributed by atoms with Crippen molar-refractivity contribution in [2.75, 3.05) is 59.1 Å². The summed E-state index contributed by atoms with van der Waals surface area (Å²) in [5, 5.41) is 8.67. The van der Waals surface area contributed by atoms with Gasteiger partial charge >= 0.3 is 0 Å². The first kappa shape index (κ1) is 19.6.